The molecule has 0 N–H and O–H groups in total. The lowest BCUT2D eigenvalue weighted by atomic mass is 9.98. The van der Waals surface area contributed by atoms with E-state index in [9.17, 15) is 4.79 Å². The molecule has 120 valence electrons. The summed E-state index contributed by atoms with van der Waals surface area (Å²) in [7, 11) is 3.28. The van der Waals surface area contributed by atoms with Gasteiger partial charge in [-0.1, -0.05) is 0 Å². The molecule has 0 aliphatic carbocycles. The Labute approximate surface area is 131 Å². The number of carbonyl (C=O) groups excluding carboxylic acids is 1. The molecule has 0 aromatic heterocycles. The van der Waals surface area contributed by atoms with Crippen molar-refractivity contribution in [1.29, 1.82) is 0 Å². The van der Waals surface area contributed by atoms with E-state index < -0.39 is 0 Å². The molecule has 1 fully saturated rings. The highest BCUT2D eigenvalue weighted by Gasteiger charge is 2.26. The van der Waals surface area contributed by atoms with Gasteiger partial charge in [0, 0.05) is 19.7 Å². The van der Waals surface area contributed by atoms with Crippen LogP contribution in [-0.4, -0.2) is 44.3 Å². The fourth-order valence-corrected chi connectivity index (χ4v) is 3.23. The van der Waals surface area contributed by atoms with Gasteiger partial charge < -0.3 is 19.1 Å². The van der Waals surface area contributed by atoms with Crippen LogP contribution in [0, 0.1) is 0 Å². The van der Waals surface area contributed by atoms with E-state index in [4.69, 9.17) is 14.2 Å². The first-order chi connectivity index (χ1) is 10.7. The van der Waals surface area contributed by atoms with Crippen LogP contribution in [0.2, 0.25) is 0 Å². The predicted molar refractivity (Wildman–Crippen MR) is 82.3 cm³/mol. The molecule has 1 saturated heterocycles. The molecule has 2 aliphatic rings. The van der Waals surface area contributed by atoms with E-state index in [1.54, 1.807) is 14.2 Å². The molecule has 5 heteroatoms. The van der Waals surface area contributed by atoms with Gasteiger partial charge in [0.05, 0.1) is 26.7 Å². The van der Waals surface area contributed by atoms with Gasteiger partial charge >= 0.3 is 0 Å². The summed E-state index contributed by atoms with van der Waals surface area (Å²) in [6, 6.07) is 4.01. The molecule has 1 aromatic carbocycles. The zero-order valence-corrected chi connectivity index (χ0v) is 13.3. The average molecular weight is 305 g/mol. The minimum atomic E-state index is 0.110. The Hall–Kier alpha value is -1.75. The second kappa shape index (κ2) is 6.57. The van der Waals surface area contributed by atoms with E-state index in [-0.39, 0.29) is 12.0 Å². The third-order valence-electron chi connectivity index (χ3n) is 4.50. The Morgan fingerprint density at radius 1 is 1.27 bits per heavy atom. The van der Waals surface area contributed by atoms with Crippen LogP contribution < -0.4 is 9.47 Å². The molecular weight excluding hydrogens is 282 g/mol. The van der Waals surface area contributed by atoms with E-state index in [1.807, 2.05) is 17.0 Å². The van der Waals surface area contributed by atoms with Crippen LogP contribution in [0.4, 0.5) is 0 Å². The van der Waals surface area contributed by atoms with Crippen LogP contribution in [-0.2, 0) is 22.5 Å². The minimum absolute atomic E-state index is 0.110. The number of hydrogen-bond donors (Lipinski definition) is 0. The Morgan fingerprint density at radius 3 is 2.64 bits per heavy atom. The van der Waals surface area contributed by atoms with Crippen molar-refractivity contribution in [2.45, 2.75) is 38.3 Å². The molecule has 0 bridgehead atoms. The van der Waals surface area contributed by atoms with E-state index in [1.165, 1.54) is 5.56 Å². The Balaban J connectivity index is 1.71. The number of hydrogen-bond acceptors (Lipinski definition) is 4. The number of amides is 1. The standard InChI is InChI=1S/C17H23NO4/c1-20-15-8-12-5-6-18(11-13(12)9-16(15)21-2)17(19)10-14-4-3-7-22-14/h8-9,14H,3-7,10-11H2,1-2H3/t14-/m1/s1. The lowest BCUT2D eigenvalue weighted by molar-refractivity contribution is -0.134. The monoisotopic (exact) mass is 305 g/mol. The predicted octanol–water partition coefficient (Wildman–Crippen LogP) is 2.16. The van der Waals surface area contributed by atoms with Crippen LogP contribution in [0.1, 0.15) is 30.4 Å². The first-order valence-electron chi connectivity index (χ1n) is 7.84. The van der Waals surface area contributed by atoms with Gasteiger partial charge in [0.2, 0.25) is 5.91 Å². The lowest BCUT2D eigenvalue weighted by Crippen LogP contribution is -2.37. The van der Waals surface area contributed by atoms with Gasteiger partial charge in [-0.25, -0.2) is 0 Å². The fraction of sp³-hybridized carbons (Fsp3) is 0.588. The van der Waals surface area contributed by atoms with Crippen LogP contribution in [0.5, 0.6) is 11.5 Å². The van der Waals surface area contributed by atoms with E-state index in [2.05, 4.69) is 0 Å². The summed E-state index contributed by atoms with van der Waals surface area (Å²) in [6.45, 7) is 2.19. The molecular formula is C17H23NO4. The maximum atomic E-state index is 12.4. The van der Waals surface area contributed by atoms with E-state index in [0.29, 0.717) is 13.0 Å². The van der Waals surface area contributed by atoms with Crippen LogP contribution in [0.3, 0.4) is 0 Å². The maximum absolute atomic E-state index is 12.4. The number of ether oxygens (including phenoxy) is 3. The van der Waals surface area contributed by atoms with Crippen molar-refractivity contribution in [3.8, 4) is 11.5 Å². The molecule has 0 spiro atoms. The first kappa shape index (κ1) is 15.2. The molecule has 0 radical (unpaired) electrons. The van der Waals surface area contributed by atoms with Crippen molar-refractivity contribution in [1.82, 2.24) is 4.90 Å². The zero-order chi connectivity index (χ0) is 15.5. The SMILES string of the molecule is COc1cc2c(cc1OC)CN(C(=O)C[C@H]1CCCO1)CC2. The summed E-state index contributed by atoms with van der Waals surface area (Å²) in [5.41, 5.74) is 2.38. The number of rotatable bonds is 4. The van der Waals surface area contributed by atoms with Crippen molar-refractivity contribution < 1.29 is 19.0 Å². The van der Waals surface area contributed by atoms with Gasteiger partial charge in [-0.15, -0.1) is 0 Å². The fourth-order valence-electron chi connectivity index (χ4n) is 3.23. The summed E-state index contributed by atoms with van der Waals surface area (Å²) in [5.74, 6) is 1.65. The van der Waals surface area contributed by atoms with E-state index in [0.717, 1.165) is 49.5 Å². The second-order valence-corrected chi connectivity index (χ2v) is 5.88. The molecule has 1 aromatic rings. The molecule has 2 aliphatic heterocycles. The van der Waals surface area contributed by atoms with Gasteiger partial charge in [0.25, 0.3) is 0 Å². The summed E-state index contributed by atoms with van der Waals surface area (Å²) in [4.78, 5) is 14.4. The Bertz CT molecular complexity index is 552. The van der Waals surface area contributed by atoms with Gasteiger partial charge in [0.15, 0.2) is 11.5 Å². The Kier molecular flexibility index (Phi) is 4.52. The molecule has 0 saturated carbocycles. The largest absolute Gasteiger partial charge is 0.493 e. The number of carbonyl (C=O) groups is 1. The lowest BCUT2D eigenvalue weighted by Gasteiger charge is -2.30. The van der Waals surface area contributed by atoms with Crippen LogP contribution >= 0.6 is 0 Å². The zero-order valence-electron chi connectivity index (χ0n) is 13.3. The molecule has 1 amide bonds. The summed E-state index contributed by atoms with van der Waals surface area (Å²) < 4.78 is 16.3. The summed E-state index contributed by atoms with van der Waals surface area (Å²) in [6.07, 6.45) is 3.54. The van der Waals surface area contributed by atoms with Crippen molar-refractivity contribution in [3.05, 3.63) is 23.3 Å². The highest BCUT2D eigenvalue weighted by Crippen LogP contribution is 2.33. The van der Waals surface area contributed by atoms with Gasteiger partial charge in [-0.05, 0) is 42.5 Å². The van der Waals surface area contributed by atoms with Crippen LogP contribution in [0.25, 0.3) is 0 Å². The quantitative estimate of drug-likeness (QED) is 0.855. The average Bonchev–Trinajstić information content (AvgIpc) is 3.05. The minimum Gasteiger partial charge on any atom is -0.493 e. The van der Waals surface area contributed by atoms with Gasteiger partial charge in [0.1, 0.15) is 0 Å². The second-order valence-electron chi connectivity index (χ2n) is 5.88. The maximum Gasteiger partial charge on any atom is 0.225 e. The third-order valence-corrected chi connectivity index (χ3v) is 4.50. The first-order valence-corrected chi connectivity index (χ1v) is 7.84. The third kappa shape index (κ3) is 3.04. The normalized spacial score (nSPS) is 20.6. The molecule has 22 heavy (non-hydrogen) atoms. The van der Waals surface area contributed by atoms with Crippen molar-refractivity contribution in [3.63, 3.8) is 0 Å². The topological polar surface area (TPSA) is 48.0 Å². The van der Waals surface area contributed by atoms with E-state index >= 15 is 0 Å². The highest BCUT2D eigenvalue weighted by molar-refractivity contribution is 5.77. The number of fused-ring (bicyclic) bond motifs is 1. The van der Waals surface area contributed by atoms with Gasteiger partial charge in [-0.3, -0.25) is 4.79 Å². The number of methoxy groups -OCH3 is 2. The molecule has 0 unspecified atom stereocenters. The summed E-state index contributed by atoms with van der Waals surface area (Å²) in [5, 5.41) is 0. The Morgan fingerprint density at radius 2 is 2.00 bits per heavy atom. The van der Waals surface area contributed by atoms with Crippen molar-refractivity contribution in [2.75, 3.05) is 27.4 Å². The molecule has 2 heterocycles. The van der Waals surface area contributed by atoms with Gasteiger partial charge in [-0.2, -0.15) is 0 Å². The number of nitrogens with zero attached hydrogens (tertiary/aromatic N) is 1. The number of benzene rings is 1. The molecule has 5 nitrogen and oxygen atoms in total. The van der Waals surface area contributed by atoms with Crippen molar-refractivity contribution >= 4 is 5.91 Å². The smallest absolute Gasteiger partial charge is 0.225 e. The highest BCUT2D eigenvalue weighted by atomic mass is 16.5. The van der Waals surface area contributed by atoms with Crippen LogP contribution in [0.15, 0.2) is 12.1 Å². The molecule has 3 rings (SSSR count). The molecule has 1 atom stereocenters. The van der Waals surface area contributed by atoms with Crippen molar-refractivity contribution in [2.24, 2.45) is 0 Å². The summed E-state index contributed by atoms with van der Waals surface area (Å²) >= 11 is 0.